The first-order valence-electron chi connectivity index (χ1n) is 16.0. The average Bonchev–Trinajstić information content (AvgIpc) is 3.78. The second-order valence-electron chi connectivity index (χ2n) is 12.2. The Kier molecular flexibility index (Phi) is 6.51. The Bertz CT molecular complexity index is 2500. The van der Waals surface area contributed by atoms with Gasteiger partial charge in [-0.05, 0) is 63.4 Å². The highest BCUT2D eigenvalue weighted by atomic mass is 32.1. The average molecular weight is 624 g/mol. The molecule has 0 atom stereocenters. The number of aryl methyl sites for hydroxylation is 1. The van der Waals surface area contributed by atoms with Gasteiger partial charge in [-0.15, -0.1) is 34.0 Å². The van der Waals surface area contributed by atoms with E-state index in [-0.39, 0.29) is 0 Å². The van der Waals surface area contributed by atoms with Crippen LogP contribution in [-0.2, 0) is 6.54 Å². The smallest absolute Gasteiger partial charge is 0.0791 e. The highest BCUT2D eigenvalue weighted by molar-refractivity contribution is 7.39. The minimum atomic E-state index is 1.09. The van der Waals surface area contributed by atoms with Crippen LogP contribution in [0.3, 0.4) is 0 Å². The summed E-state index contributed by atoms with van der Waals surface area (Å²) in [5.74, 6) is 0. The topological polar surface area (TPSA) is 4.93 Å². The molecule has 0 bridgehead atoms. The SMILES string of the molecule is CCCCCCCCn1c2c3cc4ccccc4cc3sc2c2sc3c4ccc(-c5ccc6ccccc6c5)cc4sc3c21. The van der Waals surface area contributed by atoms with E-state index < -0.39 is 0 Å². The second kappa shape index (κ2) is 10.7. The summed E-state index contributed by atoms with van der Waals surface area (Å²) in [6.45, 7) is 3.39. The fraction of sp³-hybridized carbons (Fsp3) is 0.200. The van der Waals surface area contributed by atoms with Gasteiger partial charge in [-0.2, -0.15) is 0 Å². The molecule has 0 aliphatic heterocycles. The molecular weight excluding hydrogens is 591 g/mol. The number of benzene rings is 5. The van der Waals surface area contributed by atoms with Crippen molar-refractivity contribution in [1.29, 1.82) is 0 Å². The molecule has 0 unspecified atom stereocenters. The zero-order valence-corrected chi connectivity index (χ0v) is 27.3. The Balaban J connectivity index is 1.22. The van der Waals surface area contributed by atoms with Crippen molar-refractivity contribution in [1.82, 2.24) is 4.57 Å². The highest BCUT2D eigenvalue weighted by Crippen LogP contribution is 2.52. The predicted octanol–water partition coefficient (Wildman–Crippen LogP) is 13.8. The van der Waals surface area contributed by atoms with E-state index in [1.54, 1.807) is 0 Å². The van der Waals surface area contributed by atoms with E-state index in [9.17, 15) is 0 Å². The van der Waals surface area contributed by atoms with E-state index in [0.29, 0.717) is 0 Å². The van der Waals surface area contributed by atoms with Gasteiger partial charge in [0.15, 0.2) is 0 Å². The lowest BCUT2D eigenvalue weighted by Gasteiger charge is -2.08. The van der Waals surface area contributed by atoms with Crippen molar-refractivity contribution < 1.29 is 0 Å². The maximum atomic E-state index is 2.72. The molecule has 0 saturated heterocycles. The van der Waals surface area contributed by atoms with E-state index in [0.717, 1.165) is 6.54 Å². The first-order chi connectivity index (χ1) is 21.8. The molecule has 0 fully saturated rings. The summed E-state index contributed by atoms with van der Waals surface area (Å²) in [4.78, 5) is 0. The van der Waals surface area contributed by atoms with Gasteiger partial charge < -0.3 is 4.57 Å². The first kappa shape index (κ1) is 26.7. The van der Waals surface area contributed by atoms with Crippen molar-refractivity contribution in [3.63, 3.8) is 0 Å². The Labute approximate surface area is 269 Å². The lowest BCUT2D eigenvalue weighted by Crippen LogP contribution is -1.97. The Morgan fingerprint density at radius 1 is 0.477 bits per heavy atom. The number of nitrogens with zero attached hydrogens (tertiary/aromatic N) is 1. The van der Waals surface area contributed by atoms with Crippen molar-refractivity contribution in [2.24, 2.45) is 0 Å². The fourth-order valence-electron chi connectivity index (χ4n) is 7.11. The normalized spacial score (nSPS) is 12.4. The number of thiophene rings is 3. The molecule has 0 aliphatic carbocycles. The molecule has 0 aliphatic rings. The fourth-order valence-corrected chi connectivity index (χ4v) is 11.3. The van der Waals surface area contributed by atoms with Gasteiger partial charge in [0.1, 0.15) is 0 Å². The third-order valence-electron chi connectivity index (χ3n) is 9.37. The van der Waals surface area contributed by atoms with Gasteiger partial charge in [0, 0.05) is 26.7 Å². The Hall–Kier alpha value is -3.70. The van der Waals surface area contributed by atoms with Crippen molar-refractivity contribution in [2.75, 3.05) is 0 Å². The summed E-state index contributed by atoms with van der Waals surface area (Å²) in [7, 11) is 0. The monoisotopic (exact) mass is 623 g/mol. The zero-order valence-electron chi connectivity index (χ0n) is 24.9. The highest BCUT2D eigenvalue weighted by Gasteiger charge is 2.23. The van der Waals surface area contributed by atoms with Crippen LogP contribution < -0.4 is 0 Å². The van der Waals surface area contributed by atoms with Gasteiger partial charge in [-0.25, -0.2) is 0 Å². The number of aromatic nitrogens is 1. The van der Waals surface area contributed by atoms with E-state index in [2.05, 4.69) is 109 Å². The molecule has 4 heterocycles. The van der Waals surface area contributed by atoms with E-state index >= 15 is 0 Å². The maximum Gasteiger partial charge on any atom is 0.0791 e. The van der Waals surface area contributed by atoms with Crippen molar-refractivity contribution in [2.45, 2.75) is 52.0 Å². The molecular formula is C40H33NS3. The largest absolute Gasteiger partial charge is 0.337 e. The van der Waals surface area contributed by atoms with E-state index in [4.69, 9.17) is 0 Å². The van der Waals surface area contributed by atoms with Crippen LogP contribution in [0, 0.1) is 0 Å². The van der Waals surface area contributed by atoms with Gasteiger partial charge in [-0.3, -0.25) is 0 Å². The quantitative estimate of drug-likeness (QED) is 0.148. The molecule has 216 valence electrons. The van der Waals surface area contributed by atoms with Crippen LogP contribution in [0.2, 0.25) is 0 Å². The van der Waals surface area contributed by atoms with E-state index in [1.165, 1.54) is 121 Å². The summed E-state index contributed by atoms with van der Waals surface area (Å²) in [6, 6.07) is 36.3. The zero-order chi connectivity index (χ0) is 29.2. The molecule has 4 aromatic heterocycles. The van der Waals surface area contributed by atoms with Gasteiger partial charge >= 0.3 is 0 Å². The minimum absolute atomic E-state index is 1.09. The molecule has 9 rings (SSSR count). The van der Waals surface area contributed by atoms with Crippen molar-refractivity contribution in [3.8, 4) is 11.1 Å². The van der Waals surface area contributed by atoms with Crippen LogP contribution in [0.1, 0.15) is 45.4 Å². The van der Waals surface area contributed by atoms with Crippen LogP contribution >= 0.6 is 34.0 Å². The molecule has 0 radical (unpaired) electrons. The lowest BCUT2D eigenvalue weighted by atomic mass is 10.0. The molecule has 4 heteroatoms. The molecule has 0 N–H and O–H groups in total. The molecule has 0 spiro atoms. The number of rotatable bonds is 8. The number of fused-ring (bicyclic) bond motifs is 11. The Morgan fingerprint density at radius 3 is 1.91 bits per heavy atom. The van der Waals surface area contributed by atoms with Crippen LogP contribution in [0.15, 0.2) is 97.1 Å². The van der Waals surface area contributed by atoms with Gasteiger partial charge in [0.2, 0.25) is 0 Å². The first-order valence-corrected chi connectivity index (χ1v) is 18.4. The van der Waals surface area contributed by atoms with Crippen molar-refractivity contribution >= 4 is 106 Å². The van der Waals surface area contributed by atoms with Crippen LogP contribution in [-0.4, -0.2) is 4.57 Å². The summed E-state index contributed by atoms with van der Waals surface area (Å²) < 4.78 is 11.4. The number of hydrogen-bond acceptors (Lipinski definition) is 3. The third-order valence-corrected chi connectivity index (χ3v) is 13.2. The van der Waals surface area contributed by atoms with Crippen LogP contribution in [0.4, 0.5) is 0 Å². The molecule has 9 aromatic rings. The predicted molar refractivity (Wildman–Crippen MR) is 199 cm³/mol. The summed E-state index contributed by atoms with van der Waals surface area (Å²) in [5, 5.41) is 8.09. The molecule has 5 aromatic carbocycles. The Morgan fingerprint density at radius 2 is 1.09 bits per heavy atom. The molecule has 0 amide bonds. The number of unbranched alkanes of at least 4 members (excludes halogenated alkanes) is 5. The summed E-state index contributed by atoms with van der Waals surface area (Å²) in [6.07, 6.45) is 7.90. The summed E-state index contributed by atoms with van der Waals surface area (Å²) in [5.41, 5.74) is 5.53. The minimum Gasteiger partial charge on any atom is -0.337 e. The lowest BCUT2D eigenvalue weighted by molar-refractivity contribution is 0.572. The van der Waals surface area contributed by atoms with Crippen LogP contribution in [0.5, 0.6) is 0 Å². The number of hydrogen-bond donors (Lipinski definition) is 0. The van der Waals surface area contributed by atoms with Gasteiger partial charge in [-0.1, -0.05) is 112 Å². The van der Waals surface area contributed by atoms with Crippen molar-refractivity contribution in [3.05, 3.63) is 97.1 Å². The standard InChI is InChI=1S/C40H33NS3/c1-2-3-4-5-6-11-20-41-35-32-22-27-14-9-10-15-28(27)23-34(32)43-38(35)40-36(41)39-37(44-40)31-19-18-30(24-33(31)42-39)29-17-16-25-12-7-8-13-26(25)21-29/h7-10,12-19,21-24H,2-6,11,20H2,1H3. The third kappa shape index (κ3) is 4.23. The van der Waals surface area contributed by atoms with Gasteiger partial charge in [0.05, 0.1) is 29.8 Å². The summed E-state index contributed by atoms with van der Waals surface area (Å²) >= 11 is 6.01. The van der Waals surface area contributed by atoms with Crippen LogP contribution in [0.25, 0.3) is 82.7 Å². The van der Waals surface area contributed by atoms with E-state index in [1.807, 2.05) is 34.0 Å². The van der Waals surface area contributed by atoms with Gasteiger partial charge in [0.25, 0.3) is 0 Å². The second-order valence-corrected chi connectivity index (χ2v) is 15.3. The molecule has 1 nitrogen and oxygen atoms in total. The maximum absolute atomic E-state index is 2.72. The molecule has 0 saturated carbocycles. The molecule has 44 heavy (non-hydrogen) atoms.